The molecule has 0 heterocycles. The summed E-state index contributed by atoms with van der Waals surface area (Å²) in [6, 6.07) is 0. The fourth-order valence-electron chi connectivity index (χ4n) is 0.871. The van der Waals surface area contributed by atoms with Crippen molar-refractivity contribution < 1.29 is 5.11 Å². The summed E-state index contributed by atoms with van der Waals surface area (Å²) in [6.45, 7) is 4.39. The van der Waals surface area contributed by atoms with E-state index in [0.29, 0.717) is 11.7 Å². The van der Waals surface area contributed by atoms with Crippen LogP contribution < -0.4 is 10.6 Å². The van der Waals surface area contributed by atoms with Crippen LogP contribution in [0.4, 0.5) is 0 Å². The molecular formula is C8H16N2OS. The first-order chi connectivity index (χ1) is 5.52. The summed E-state index contributed by atoms with van der Waals surface area (Å²) in [5.74, 6) is 0. The highest BCUT2D eigenvalue weighted by atomic mass is 32.1. The van der Waals surface area contributed by atoms with Crippen LogP contribution >= 0.6 is 12.2 Å². The molecule has 0 aliphatic heterocycles. The van der Waals surface area contributed by atoms with Gasteiger partial charge in [-0.25, -0.2) is 0 Å². The third-order valence-corrected chi connectivity index (χ3v) is 2.22. The zero-order valence-corrected chi connectivity index (χ0v) is 8.37. The normalized spacial score (nSPS) is 21.2. The Morgan fingerprint density at radius 1 is 1.67 bits per heavy atom. The lowest BCUT2D eigenvalue weighted by molar-refractivity contribution is 0.197. The standard InChI is InChI=1S/C8H16N2OS/c1-6(11)5-9-7(12)10-8(2)3-4-8/h6,11H,3-5H2,1-2H3,(H2,9,10,12). The summed E-state index contributed by atoms with van der Waals surface area (Å²) < 4.78 is 0. The first-order valence-corrected chi connectivity index (χ1v) is 4.67. The quantitative estimate of drug-likeness (QED) is 0.560. The summed E-state index contributed by atoms with van der Waals surface area (Å²) in [5, 5.41) is 15.8. The molecule has 0 aromatic carbocycles. The molecule has 1 unspecified atom stereocenters. The van der Waals surface area contributed by atoms with Gasteiger partial charge in [0.15, 0.2) is 5.11 Å². The van der Waals surface area contributed by atoms with Gasteiger partial charge in [-0.2, -0.15) is 0 Å². The van der Waals surface area contributed by atoms with Crippen molar-refractivity contribution in [1.29, 1.82) is 0 Å². The molecule has 0 aromatic heterocycles. The molecule has 1 rings (SSSR count). The third kappa shape index (κ3) is 3.36. The van der Waals surface area contributed by atoms with Crippen LogP contribution in [0.1, 0.15) is 26.7 Å². The van der Waals surface area contributed by atoms with Crippen LogP contribution in [0.15, 0.2) is 0 Å². The molecule has 12 heavy (non-hydrogen) atoms. The van der Waals surface area contributed by atoms with Crippen molar-refractivity contribution in [2.75, 3.05) is 6.54 Å². The number of nitrogens with one attached hydrogen (secondary N) is 2. The zero-order valence-electron chi connectivity index (χ0n) is 7.55. The maximum atomic E-state index is 8.97. The van der Waals surface area contributed by atoms with Gasteiger partial charge in [0.1, 0.15) is 0 Å². The molecule has 0 aromatic rings. The summed E-state index contributed by atoms with van der Waals surface area (Å²) >= 11 is 5.03. The fraction of sp³-hybridized carbons (Fsp3) is 0.875. The predicted octanol–water partition coefficient (Wildman–Crippen LogP) is 0.384. The minimum Gasteiger partial charge on any atom is -0.392 e. The van der Waals surface area contributed by atoms with Gasteiger partial charge in [0.25, 0.3) is 0 Å². The number of aliphatic hydroxyl groups excluding tert-OH is 1. The van der Waals surface area contributed by atoms with Crippen molar-refractivity contribution in [3.8, 4) is 0 Å². The molecule has 1 fully saturated rings. The molecule has 0 bridgehead atoms. The Hall–Kier alpha value is -0.350. The Kier molecular flexibility index (Phi) is 2.90. The largest absolute Gasteiger partial charge is 0.392 e. The van der Waals surface area contributed by atoms with Crippen LogP contribution in [-0.4, -0.2) is 28.4 Å². The highest BCUT2D eigenvalue weighted by Gasteiger charge is 2.37. The Labute approximate surface area is 78.5 Å². The molecule has 1 aliphatic rings. The minimum atomic E-state index is -0.350. The van der Waals surface area contributed by atoms with E-state index >= 15 is 0 Å². The Balaban J connectivity index is 2.12. The van der Waals surface area contributed by atoms with Gasteiger partial charge in [-0.15, -0.1) is 0 Å². The highest BCUT2D eigenvalue weighted by molar-refractivity contribution is 7.80. The van der Waals surface area contributed by atoms with Crippen molar-refractivity contribution in [2.45, 2.75) is 38.3 Å². The van der Waals surface area contributed by atoms with Gasteiger partial charge < -0.3 is 15.7 Å². The van der Waals surface area contributed by atoms with Crippen molar-refractivity contribution in [2.24, 2.45) is 0 Å². The van der Waals surface area contributed by atoms with Gasteiger partial charge in [0.2, 0.25) is 0 Å². The van der Waals surface area contributed by atoms with Gasteiger partial charge >= 0.3 is 0 Å². The molecule has 1 atom stereocenters. The smallest absolute Gasteiger partial charge is 0.166 e. The highest BCUT2D eigenvalue weighted by Crippen LogP contribution is 2.33. The topological polar surface area (TPSA) is 44.3 Å². The summed E-state index contributed by atoms with van der Waals surface area (Å²) in [7, 11) is 0. The van der Waals surface area contributed by atoms with Gasteiger partial charge in [0.05, 0.1) is 6.10 Å². The SMILES string of the molecule is CC(O)CNC(=S)NC1(C)CC1. The second-order valence-electron chi connectivity index (χ2n) is 3.74. The minimum absolute atomic E-state index is 0.225. The van der Waals surface area contributed by atoms with Crippen molar-refractivity contribution in [1.82, 2.24) is 10.6 Å². The molecule has 3 N–H and O–H groups in total. The molecule has 4 heteroatoms. The summed E-state index contributed by atoms with van der Waals surface area (Å²) in [5.41, 5.74) is 0.225. The monoisotopic (exact) mass is 188 g/mol. The van der Waals surface area contributed by atoms with Crippen LogP contribution in [0, 0.1) is 0 Å². The average molecular weight is 188 g/mol. The zero-order chi connectivity index (χ0) is 9.19. The van der Waals surface area contributed by atoms with E-state index in [9.17, 15) is 0 Å². The van der Waals surface area contributed by atoms with E-state index < -0.39 is 0 Å². The molecular weight excluding hydrogens is 172 g/mol. The van der Waals surface area contributed by atoms with Crippen LogP contribution in [0.5, 0.6) is 0 Å². The lowest BCUT2D eigenvalue weighted by Gasteiger charge is -2.16. The molecule has 3 nitrogen and oxygen atoms in total. The molecule has 1 saturated carbocycles. The van der Waals surface area contributed by atoms with Crippen molar-refractivity contribution in [3.05, 3.63) is 0 Å². The van der Waals surface area contributed by atoms with E-state index in [1.807, 2.05) is 0 Å². The van der Waals surface area contributed by atoms with Crippen molar-refractivity contribution >= 4 is 17.3 Å². The predicted molar refractivity (Wildman–Crippen MR) is 53.1 cm³/mol. The Morgan fingerprint density at radius 3 is 2.67 bits per heavy atom. The Morgan fingerprint density at radius 2 is 2.25 bits per heavy atom. The van der Waals surface area contributed by atoms with Crippen LogP contribution in [0.2, 0.25) is 0 Å². The van der Waals surface area contributed by atoms with E-state index in [1.165, 1.54) is 12.8 Å². The van der Waals surface area contributed by atoms with Gasteiger partial charge in [-0.05, 0) is 38.9 Å². The fourth-order valence-corrected chi connectivity index (χ4v) is 1.20. The Bertz CT molecular complexity index is 178. The first kappa shape index (κ1) is 9.74. The molecule has 0 radical (unpaired) electrons. The molecule has 0 spiro atoms. The van der Waals surface area contributed by atoms with Crippen molar-refractivity contribution in [3.63, 3.8) is 0 Å². The van der Waals surface area contributed by atoms with Gasteiger partial charge in [-0.3, -0.25) is 0 Å². The maximum absolute atomic E-state index is 8.97. The average Bonchev–Trinajstić information content (AvgIpc) is 2.64. The molecule has 0 amide bonds. The van der Waals surface area contributed by atoms with Gasteiger partial charge in [-0.1, -0.05) is 0 Å². The van der Waals surface area contributed by atoms with E-state index in [2.05, 4.69) is 17.6 Å². The number of aliphatic hydroxyl groups is 1. The lowest BCUT2D eigenvalue weighted by Crippen LogP contribution is -2.43. The van der Waals surface area contributed by atoms with E-state index in [4.69, 9.17) is 17.3 Å². The van der Waals surface area contributed by atoms with Crippen LogP contribution in [0.3, 0.4) is 0 Å². The van der Waals surface area contributed by atoms with Crippen LogP contribution in [0.25, 0.3) is 0 Å². The maximum Gasteiger partial charge on any atom is 0.166 e. The van der Waals surface area contributed by atoms with Gasteiger partial charge in [0, 0.05) is 12.1 Å². The number of thiocarbonyl (C=S) groups is 1. The number of rotatable bonds is 3. The summed E-state index contributed by atoms with van der Waals surface area (Å²) in [4.78, 5) is 0. The summed E-state index contributed by atoms with van der Waals surface area (Å²) in [6.07, 6.45) is 2.02. The number of hydrogen-bond acceptors (Lipinski definition) is 2. The molecule has 70 valence electrons. The lowest BCUT2D eigenvalue weighted by atomic mass is 10.3. The second-order valence-corrected chi connectivity index (χ2v) is 4.15. The van der Waals surface area contributed by atoms with E-state index in [-0.39, 0.29) is 11.6 Å². The van der Waals surface area contributed by atoms with E-state index in [1.54, 1.807) is 6.92 Å². The van der Waals surface area contributed by atoms with Crippen LogP contribution in [-0.2, 0) is 0 Å². The second kappa shape index (κ2) is 3.58. The number of hydrogen-bond donors (Lipinski definition) is 3. The molecule has 1 aliphatic carbocycles. The third-order valence-electron chi connectivity index (χ3n) is 1.97. The first-order valence-electron chi connectivity index (χ1n) is 4.26. The van der Waals surface area contributed by atoms with E-state index in [0.717, 1.165) is 0 Å². The molecule has 0 saturated heterocycles.